The van der Waals surface area contributed by atoms with Crippen molar-refractivity contribution in [2.24, 2.45) is 0 Å². The normalized spacial score (nSPS) is 13.4. The lowest BCUT2D eigenvalue weighted by Gasteiger charge is -2.23. The molecule has 0 N–H and O–H groups in total. The van der Waals surface area contributed by atoms with E-state index >= 15 is 0 Å². The Hall–Kier alpha value is -4.15. The number of hydrogen-bond donors (Lipinski definition) is 0. The van der Waals surface area contributed by atoms with Gasteiger partial charge in [0.05, 0.1) is 11.6 Å². The third kappa shape index (κ3) is 2.93. The van der Waals surface area contributed by atoms with Gasteiger partial charge in [0.2, 0.25) is 0 Å². The zero-order valence-electron chi connectivity index (χ0n) is 19.7. The zero-order valence-corrected chi connectivity index (χ0v) is 19.7. The van der Waals surface area contributed by atoms with Gasteiger partial charge in [0.1, 0.15) is 0 Å². The first kappa shape index (κ1) is 20.5. The molecule has 0 aromatic heterocycles. The maximum absolute atomic E-state index is 9.70. The highest BCUT2D eigenvalue weighted by Gasteiger charge is 2.37. The molecular weight excluding hydrogens is 410 g/mol. The second kappa shape index (κ2) is 7.44. The SMILES string of the molecule is Cc1ccc2ccccc2c1-c1ccc(-c2ccc3c(c2)C(C)(C)c2c(C#N)cccc2-3)cc1. The van der Waals surface area contributed by atoms with Crippen LogP contribution in [0.2, 0.25) is 0 Å². The van der Waals surface area contributed by atoms with Crippen LogP contribution in [0.25, 0.3) is 44.2 Å². The smallest absolute Gasteiger partial charge is 0.0995 e. The Bertz CT molecular complexity index is 1630. The molecule has 0 aliphatic heterocycles. The Morgan fingerprint density at radius 1 is 0.676 bits per heavy atom. The van der Waals surface area contributed by atoms with E-state index in [1.807, 2.05) is 12.1 Å². The van der Waals surface area contributed by atoms with Gasteiger partial charge in [-0.25, -0.2) is 0 Å². The summed E-state index contributed by atoms with van der Waals surface area (Å²) in [5, 5.41) is 12.3. The van der Waals surface area contributed by atoms with Crippen LogP contribution in [0.1, 0.15) is 36.1 Å². The largest absolute Gasteiger partial charge is 0.192 e. The van der Waals surface area contributed by atoms with Crippen molar-refractivity contribution in [2.45, 2.75) is 26.2 Å². The van der Waals surface area contributed by atoms with Gasteiger partial charge in [-0.1, -0.05) is 98.8 Å². The Kier molecular flexibility index (Phi) is 4.48. The molecule has 0 bridgehead atoms. The molecule has 5 aromatic carbocycles. The van der Waals surface area contributed by atoms with Gasteiger partial charge < -0.3 is 0 Å². The quantitative estimate of drug-likeness (QED) is 0.272. The van der Waals surface area contributed by atoms with E-state index in [9.17, 15) is 5.26 Å². The molecule has 34 heavy (non-hydrogen) atoms. The van der Waals surface area contributed by atoms with Crippen LogP contribution in [0, 0.1) is 18.3 Å². The first-order valence-electron chi connectivity index (χ1n) is 11.8. The summed E-state index contributed by atoms with van der Waals surface area (Å²) < 4.78 is 0. The first-order chi connectivity index (χ1) is 16.5. The van der Waals surface area contributed by atoms with E-state index in [2.05, 4.69) is 112 Å². The summed E-state index contributed by atoms with van der Waals surface area (Å²) in [6.45, 7) is 6.65. The summed E-state index contributed by atoms with van der Waals surface area (Å²) in [7, 11) is 0. The van der Waals surface area contributed by atoms with E-state index in [0.717, 1.165) is 11.1 Å². The topological polar surface area (TPSA) is 23.8 Å². The first-order valence-corrected chi connectivity index (χ1v) is 11.8. The minimum atomic E-state index is -0.201. The summed E-state index contributed by atoms with van der Waals surface area (Å²) in [5.74, 6) is 0. The van der Waals surface area contributed by atoms with E-state index in [1.54, 1.807) is 0 Å². The van der Waals surface area contributed by atoms with E-state index in [-0.39, 0.29) is 5.41 Å². The van der Waals surface area contributed by atoms with E-state index in [1.165, 1.54) is 55.3 Å². The summed E-state index contributed by atoms with van der Waals surface area (Å²) in [5.41, 5.74) is 11.7. The number of nitrogens with zero attached hydrogens (tertiary/aromatic N) is 1. The molecule has 5 aromatic rings. The van der Waals surface area contributed by atoms with Gasteiger partial charge in [-0.2, -0.15) is 5.26 Å². The van der Waals surface area contributed by atoms with Gasteiger partial charge in [0.25, 0.3) is 0 Å². The molecule has 6 rings (SSSR count). The standard InChI is InChI=1S/C33H25N/c1-21-11-12-23-7-4-5-9-27(23)31(21)24-15-13-22(14-16-24)25-17-18-28-29-10-6-8-26(20-34)32(29)33(2,3)30(28)19-25/h4-19H,1-3H3. The zero-order chi connectivity index (χ0) is 23.4. The van der Waals surface area contributed by atoms with Crippen LogP contribution >= 0.6 is 0 Å². The van der Waals surface area contributed by atoms with Crippen molar-refractivity contribution in [1.82, 2.24) is 0 Å². The molecular formula is C33H25N. The molecule has 0 fully saturated rings. The van der Waals surface area contributed by atoms with Crippen LogP contribution in [0.15, 0.2) is 97.1 Å². The fraction of sp³-hybridized carbons (Fsp3) is 0.121. The second-order valence-electron chi connectivity index (χ2n) is 9.78. The molecule has 0 atom stereocenters. The van der Waals surface area contributed by atoms with Crippen LogP contribution < -0.4 is 0 Å². The predicted octanol–water partition coefficient (Wildman–Crippen LogP) is 8.66. The molecule has 0 amide bonds. The van der Waals surface area contributed by atoms with Gasteiger partial charge in [0, 0.05) is 5.41 Å². The van der Waals surface area contributed by atoms with Crippen molar-refractivity contribution < 1.29 is 0 Å². The van der Waals surface area contributed by atoms with Crippen LogP contribution in [-0.2, 0) is 5.41 Å². The van der Waals surface area contributed by atoms with E-state index in [4.69, 9.17) is 0 Å². The molecule has 1 aliphatic rings. The fourth-order valence-corrected chi connectivity index (χ4v) is 5.75. The average molecular weight is 436 g/mol. The molecule has 0 spiro atoms. The van der Waals surface area contributed by atoms with Crippen LogP contribution in [0.5, 0.6) is 0 Å². The Morgan fingerprint density at radius 3 is 2.21 bits per heavy atom. The molecule has 1 aliphatic carbocycles. The number of hydrogen-bond acceptors (Lipinski definition) is 1. The van der Waals surface area contributed by atoms with Crippen molar-refractivity contribution in [2.75, 3.05) is 0 Å². The Balaban J connectivity index is 1.43. The highest BCUT2D eigenvalue weighted by Crippen LogP contribution is 2.50. The molecule has 0 saturated carbocycles. The van der Waals surface area contributed by atoms with Gasteiger partial charge >= 0.3 is 0 Å². The van der Waals surface area contributed by atoms with Crippen molar-refractivity contribution >= 4 is 10.8 Å². The van der Waals surface area contributed by atoms with Crippen molar-refractivity contribution in [1.29, 1.82) is 5.26 Å². The number of nitriles is 1. The molecule has 1 heteroatoms. The minimum Gasteiger partial charge on any atom is -0.192 e. The summed E-state index contributed by atoms with van der Waals surface area (Å²) in [4.78, 5) is 0. The maximum atomic E-state index is 9.70. The van der Waals surface area contributed by atoms with Gasteiger partial charge in [-0.3, -0.25) is 0 Å². The van der Waals surface area contributed by atoms with Crippen molar-refractivity contribution in [3.05, 3.63) is 119 Å². The van der Waals surface area contributed by atoms with E-state index in [0.29, 0.717) is 0 Å². The predicted molar refractivity (Wildman–Crippen MR) is 142 cm³/mol. The van der Waals surface area contributed by atoms with Gasteiger partial charge in [-0.15, -0.1) is 0 Å². The molecule has 162 valence electrons. The van der Waals surface area contributed by atoms with Crippen molar-refractivity contribution in [3.8, 4) is 39.4 Å². The van der Waals surface area contributed by atoms with Crippen molar-refractivity contribution in [3.63, 3.8) is 0 Å². The van der Waals surface area contributed by atoms with Crippen LogP contribution in [0.4, 0.5) is 0 Å². The number of benzene rings is 5. The molecule has 1 nitrogen and oxygen atoms in total. The van der Waals surface area contributed by atoms with Crippen LogP contribution in [-0.4, -0.2) is 0 Å². The number of aryl methyl sites for hydroxylation is 1. The summed E-state index contributed by atoms with van der Waals surface area (Å²) in [6, 6.07) is 37.2. The van der Waals surface area contributed by atoms with Gasteiger partial charge in [0.15, 0.2) is 0 Å². The van der Waals surface area contributed by atoms with Crippen LogP contribution in [0.3, 0.4) is 0 Å². The monoisotopic (exact) mass is 435 g/mol. The molecule has 0 heterocycles. The lowest BCUT2D eigenvalue weighted by Crippen LogP contribution is -2.16. The summed E-state index contributed by atoms with van der Waals surface area (Å²) >= 11 is 0. The fourth-order valence-electron chi connectivity index (χ4n) is 5.75. The second-order valence-corrected chi connectivity index (χ2v) is 9.78. The lowest BCUT2D eigenvalue weighted by molar-refractivity contribution is 0.658. The third-order valence-electron chi connectivity index (χ3n) is 7.44. The number of rotatable bonds is 2. The number of fused-ring (bicyclic) bond motifs is 4. The Labute approximate surface area is 200 Å². The molecule has 0 unspecified atom stereocenters. The average Bonchev–Trinajstić information content (AvgIpc) is 3.10. The minimum absolute atomic E-state index is 0.201. The Morgan fingerprint density at radius 2 is 1.41 bits per heavy atom. The molecule has 0 radical (unpaired) electrons. The van der Waals surface area contributed by atoms with Gasteiger partial charge in [-0.05, 0) is 79.9 Å². The molecule has 0 saturated heterocycles. The highest BCUT2D eigenvalue weighted by atomic mass is 14.4. The lowest BCUT2D eigenvalue weighted by atomic mass is 9.79. The highest BCUT2D eigenvalue weighted by molar-refractivity contribution is 5.98. The van der Waals surface area contributed by atoms with E-state index < -0.39 is 0 Å². The maximum Gasteiger partial charge on any atom is 0.0995 e. The summed E-state index contributed by atoms with van der Waals surface area (Å²) in [6.07, 6.45) is 0. The third-order valence-corrected chi connectivity index (χ3v) is 7.44.